The fourth-order valence-corrected chi connectivity index (χ4v) is 7.44. The number of rotatable bonds is 5. The summed E-state index contributed by atoms with van der Waals surface area (Å²) in [5.41, 5.74) is 3.76. The highest BCUT2D eigenvalue weighted by Crippen LogP contribution is 2.57. The minimum atomic E-state index is -0.991. The molecule has 0 aliphatic carbocycles. The number of halogens is 1. The molecule has 0 bridgehead atoms. The van der Waals surface area contributed by atoms with Gasteiger partial charge in [0.25, 0.3) is 0 Å². The Morgan fingerprint density at radius 3 is 2.55 bits per heavy atom. The molecule has 2 unspecified atom stereocenters. The number of aromatic nitrogens is 4. The second-order valence-electron chi connectivity index (χ2n) is 10.6. The van der Waals surface area contributed by atoms with E-state index in [1.165, 1.54) is 6.33 Å². The van der Waals surface area contributed by atoms with Crippen molar-refractivity contribution >= 4 is 45.8 Å². The molecule has 2 aliphatic rings. The van der Waals surface area contributed by atoms with Gasteiger partial charge in [-0.05, 0) is 60.7 Å². The lowest BCUT2D eigenvalue weighted by Crippen LogP contribution is -2.47. The molecule has 0 spiro atoms. The first-order chi connectivity index (χ1) is 21.6. The Morgan fingerprint density at radius 1 is 0.955 bits per heavy atom. The Hall–Kier alpha value is -4.86. The fourth-order valence-electron chi connectivity index (χ4n) is 5.96. The van der Waals surface area contributed by atoms with E-state index in [9.17, 15) is 0 Å². The van der Waals surface area contributed by atoms with Gasteiger partial charge in [0.2, 0.25) is 5.72 Å². The van der Waals surface area contributed by atoms with E-state index in [2.05, 4.69) is 51.4 Å². The Bertz CT molecular complexity index is 2020. The Kier molecular flexibility index (Phi) is 6.50. The summed E-state index contributed by atoms with van der Waals surface area (Å²) in [6.45, 7) is 0. The first-order valence-electron chi connectivity index (χ1n) is 14.1. The number of hydrogen-bond donors (Lipinski definition) is 0. The molecule has 0 amide bonds. The average Bonchev–Trinajstić information content (AvgIpc) is 3.71. The van der Waals surface area contributed by atoms with Gasteiger partial charge >= 0.3 is 0 Å². The maximum absolute atomic E-state index is 6.67. The smallest absolute Gasteiger partial charge is 0.242 e. The van der Waals surface area contributed by atoms with Crippen molar-refractivity contribution in [2.75, 3.05) is 12.0 Å². The van der Waals surface area contributed by atoms with Crippen LogP contribution in [0, 0.1) is 0 Å². The predicted molar refractivity (Wildman–Crippen MR) is 173 cm³/mol. The second-order valence-corrected chi connectivity index (χ2v) is 12.3. The lowest BCUT2D eigenvalue weighted by atomic mass is 9.91. The van der Waals surface area contributed by atoms with Crippen LogP contribution >= 0.6 is 23.4 Å². The molecular weight excluding hydrogens is 592 g/mol. The van der Waals surface area contributed by atoms with Crippen LogP contribution in [0.2, 0.25) is 5.02 Å². The van der Waals surface area contributed by atoms with Crippen molar-refractivity contribution in [2.45, 2.75) is 22.3 Å². The molecule has 0 saturated heterocycles. The van der Waals surface area contributed by atoms with Gasteiger partial charge in [-0.15, -0.1) is 11.8 Å². The number of benzene rings is 4. The molecule has 0 radical (unpaired) electrons. The standard InChI is InChI=1S/C34H25ClN6O2S/c1-42-26-16-10-22(11-17-26)32-39-43-34(24-12-14-25(35)15-13-24)19-31(44-30-9-5-4-8-29(30)41(32)34)27-18-23-6-2-3-7-28(23)38-33(27)40-21-36-20-37-40/h2-18,20-21,31H,19H2,1H3. The van der Waals surface area contributed by atoms with E-state index < -0.39 is 5.72 Å². The van der Waals surface area contributed by atoms with E-state index >= 15 is 0 Å². The highest BCUT2D eigenvalue weighted by Gasteiger charge is 2.53. The third kappa shape index (κ3) is 4.39. The summed E-state index contributed by atoms with van der Waals surface area (Å²) in [6.07, 6.45) is 3.76. The lowest BCUT2D eigenvalue weighted by molar-refractivity contribution is -0.0283. The third-order valence-electron chi connectivity index (χ3n) is 8.05. The van der Waals surface area contributed by atoms with Crippen LogP contribution in [0.5, 0.6) is 5.75 Å². The monoisotopic (exact) mass is 616 g/mol. The van der Waals surface area contributed by atoms with Crippen molar-refractivity contribution in [1.29, 1.82) is 0 Å². The zero-order chi connectivity index (χ0) is 29.7. The van der Waals surface area contributed by atoms with Crippen LogP contribution in [0.25, 0.3) is 16.7 Å². The van der Waals surface area contributed by atoms with Gasteiger partial charge in [-0.2, -0.15) is 5.10 Å². The van der Waals surface area contributed by atoms with Gasteiger partial charge in [0.1, 0.15) is 18.4 Å². The molecule has 44 heavy (non-hydrogen) atoms. The van der Waals surface area contributed by atoms with E-state index in [1.54, 1.807) is 29.9 Å². The number of amidine groups is 1. The van der Waals surface area contributed by atoms with Crippen molar-refractivity contribution in [2.24, 2.45) is 5.16 Å². The largest absolute Gasteiger partial charge is 0.497 e. The number of anilines is 1. The van der Waals surface area contributed by atoms with Crippen LogP contribution in [0.3, 0.4) is 0 Å². The summed E-state index contributed by atoms with van der Waals surface area (Å²) in [5, 5.41) is 10.8. The van der Waals surface area contributed by atoms with Gasteiger partial charge in [0.15, 0.2) is 11.7 Å². The molecule has 8 nitrogen and oxygen atoms in total. The molecule has 0 N–H and O–H groups in total. The highest BCUT2D eigenvalue weighted by molar-refractivity contribution is 7.99. The van der Waals surface area contributed by atoms with E-state index in [4.69, 9.17) is 31.3 Å². The van der Waals surface area contributed by atoms with Crippen molar-refractivity contribution in [3.63, 3.8) is 0 Å². The molecule has 2 aliphatic heterocycles. The molecule has 8 rings (SSSR count). The Labute approximate surface area is 262 Å². The summed E-state index contributed by atoms with van der Waals surface area (Å²) in [6, 6.07) is 34.5. The number of para-hydroxylation sites is 2. The zero-order valence-electron chi connectivity index (χ0n) is 23.5. The first kappa shape index (κ1) is 26.7. The molecule has 6 aromatic rings. The number of fused-ring (bicyclic) bond motifs is 4. The summed E-state index contributed by atoms with van der Waals surface area (Å²) in [5.74, 6) is 2.21. The van der Waals surface area contributed by atoms with Crippen molar-refractivity contribution in [3.05, 3.63) is 137 Å². The molecule has 216 valence electrons. The molecule has 10 heteroatoms. The van der Waals surface area contributed by atoms with Crippen molar-refractivity contribution in [3.8, 4) is 11.6 Å². The number of thioether (sulfide) groups is 1. The van der Waals surface area contributed by atoms with Gasteiger partial charge in [0.05, 0.1) is 18.3 Å². The Balaban J connectivity index is 1.36. The van der Waals surface area contributed by atoms with E-state index in [0.717, 1.165) is 49.7 Å². The zero-order valence-corrected chi connectivity index (χ0v) is 25.1. The summed E-state index contributed by atoms with van der Waals surface area (Å²) in [7, 11) is 1.66. The summed E-state index contributed by atoms with van der Waals surface area (Å²) >= 11 is 8.18. The normalized spacial score (nSPS) is 19.1. The van der Waals surface area contributed by atoms with Crippen LogP contribution in [0.4, 0.5) is 5.69 Å². The molecule has 0 fully saturated rings. The quantitative estimate of drug-likeness (QED) is 0.196. The fraction of sp³-hybridized carbons (Fsp3) is 0.118. The number of oxime groups is 1. The van der Waals surface area contributed by atoms with Crippen LogP contribution < -0.4 is 9.64 Å². The van der Waals surface area contributed by atoms with E-state index in [0.29, 0.717) is 17.3 Å². The number of ether oxygens (including phenoxy) is 1. The minimum Gasteiger partial charge on any atom is -0.497 e. The molecular formula is C34H25ClN6O2S. The molecule has 4 aromatic carbocycles. The molecule has 2 aromatic heterocycles. The number of pyridine rings is 1. The summed E-state index contributed by atoms with van der Waals surface area (Å²) < 4.78 is 7.17. The second kappa shape index (κ2) is 10.7. The van der Waals surface area contributed by atoms with Gasteiger partial charge in [-0.3, -0.25) is 4.90 Å². The van der Waals surface area contributed by atoms with Gasteiger partial charge < -0.3 is 9.57 Å². The van der Waals surface area contributed by atoms with E-state index in [-0.39, 0.29) is 5.25 Å². The van der Waals surface area contributed by atoms with Gasteiger partial charge in [0, 0.05) is 43.7 Å². The van der Waals surface area contributed by atoms with Crippen LogP contribution in [0.15, 0.2) is 126 Å². The molecule has 2 atom stereocenters. The number of nitrogens with zero attached hydrogens (tertiary/aromatic N) is 6. The summed E-state index contributed by atoms with van der Waals surface area (Å²) in [4.78, 5) is 19.3. The Morgan fingerprint density at radius 2 is 1.75 bits per heavy atom. The number of methoxy groups -OCH3 is 1. The maximum atomic E-state index is 6.67. The van der Waals surface area contributed by atoms with E-state index in [1.807, 2.05) is 66.7 Å². The first-order valence-corrected chi connectivity index (χ1v) is 15.4. The minimum absolute atomic E-state index is 0.112. The van der Waals surface area contributed by atoms with Crippen LogP contribution in [-0.4, -0.2) is 32.7 Å². The predicted octanol–water partition coefficient (Wildman–Crippen LogP) is 7.77. The van der Waals surface area contributed by atoms with Crippen molar-refractivity contribution in [1.82, 2.24) is 19.7 Å². The third-order valence-corrected chi connectivity index (χ3v) is 9.61. The topological polar surface area (TPSA) is 77.7 Å². The lowest BCUT2D eigenvalue weighted by Gasteiger charge is -2.38. The maximum Gasteiger partial charge on any atom is 0.242 e. The van der Waals surface area contributed by atoms with Crippen molar-refractivity contribution < 1.29 is 9.57 Å². The SMILES string of the molecule is COc1ccc(C2=NOC3(c4ccc(Cl)cc4)CC(c4cc5ccccc5nc4-n4cncn4)Sc4ccccc4N23)cc1. The molecule has 0 saturated carbocycles. The van der Waals surface area contributed by atoms with Crippen LogP contribution in [0.1, 0.15) is 28.4 Å². The molecule has 4 heterocycles. The van der Waals surface area contributed by atoms with Gasteiger partial charge in [-0.25, -0.2) is 14.6 Å². The van der Waals surface area contributed by atoms with Gasteiger partial charge in [-0.1, -0.05) is 59.2 Å². The van der Waals surface area contributed by atoms with Crippen LogP contribution in [-0.2, 0) is 10.6 Å². The average molecular weight is 617 g/mol. The highest BCUT2D eigenvalue weighted by atomic mass is 35.5. The number of hydrogen-bond acceptors (Lipinski definition) is 8.